The SMILES string of the molecule is C[C@@H](CCNC(=O)O)Oc1ncc(F)cc1[C@H]1CCCN1C1=Nc2c(N)cnn2CC1. The third kappa shape index (κ3) is 4.54. The van der Waals surface area contributed by atoms with Crippen LogP contribution < -0.4 is 15.8 Å². The molecule has 0 radical (unpaired) electrons. The van der Waals surface area contributed by atoms with Crippen LogP contribution in [-0.4, -0.2) is 55.9 Å². The molecule has 2 aliphatic rings. The predicted octanol–water partition coefficient (Wildman–Crippen LogP) is 2.70. The Morgan fingerprint density at radius 2 is 2.29 bits per heavy atom. The van der Waals surface area contributed by atoms with Crippen molar-refractivity contribution < 1.29 is 19.0 Å². The van der Waals surface area contributed by atoms with Gasteiger partial charge in [-0.1, -0.05) is 0 Å². The third-order valence-corrected chi connectivity index (χ3v) is 5.55. The summed E-state index contributed by atoms with van der Waals surface area (Å²) in [5.41, 5.74) is 7.20. The van der Waals surface area contributed by atoms with Gasteiger partial charge in [0, 0.05) is 31.5 Å². The van der Waals surface area contributed by atoms with Crippen LogP contribution in [0.4, 0.5) is 20.7 Å². The van der Waals surface area contributed by atoms with E-state index in [9.17, 15) is 9.18 Å². The average molecular weight is 431 g/mol. The highest BCUT2D eigenvalue weighted by Crippen LogP contribution is 2.39. The van der Waals surface area contributed by atoms with E-state index in [1.165, 1.54) is 6.07 Å². The Bertz CT molecular complexity index is 993. The number of aliphatic imine (C=N–C) groups is 1. The summed E-state index contributed by atoms with van der Waals surface area (Å²) in [5.74, 6) is 1.49. The van der Waals surface area contributed by atoms with Gasteiger partial charge in [0.25, 0.3) is 0 Å². The standard InChI is InChI=1S/C20H26FN7O3/c1-12(4-6-23-20(29)30)31-19-14(9-13(21)10-24-19)16-3-2-7-27(16)17-5-8-28-18(26-17)15(22)11-25-28/h9-12,16,23H,2-8,22H2,1H3,(H,29,30)/t12-,16+/m0/s1. The first-order valence-electron chi connectivity index (χ1n) is 10.4. The van der Waals surface area contributed by atoms with Crippen LogP contribution in [0.3, 0.4) is 0 Å². The largest absolute Gasteiger partial charge is 0.474 e. The second-order valence-electron chi connectivity index (χ2n) is 7.77. The zero-order valence-corrected chi connectivity index (χ0v) is 17.3. The summed E-state index contributed by atoms with van der Waals surface area (Å²) in [7, 11) is 0. The number of rotatable bonds is 6. The van der Waals surface area contributed by atoms with Crippen LogP contribution in [0.2, 0.25) is 0 Å². The van der Waals surface area contributed by atoms with Crippen LogP contribution >= 0.6 is 0 Å². The Kier molecular flexibility index (Phi) is 5.92. The molecule has 31 heavy (non-hydrogen) atoms. The highest BCUT2D eigenvalue weighted by molar-refractivity contribution is 5.87. The monoisotopic (exact) mass is 431 g/mol. The number of pyridine rings is 1. The van der Waals surface area contributed by atoms with E-state index in [2.05, 4.69) is 20.3 Å². The van der Waals surface area contributed by atoms with E-state index in [0.29, 0.717) is 42.3 Å². The van der Waals surface area contributed by atoms with E-state index in [1.54, 1.807) is 10.9 Å². The second kappa shape index (κ2) is 8.78. The maximum absolute atomic E-state index is 14.1. The van der Waals surface area contributed by atoms with Crippen molar-refractivity contribution in [2.45, 2.75) is 51.3 Å². The van der Waals surface area contributed by atoms with E-state index < -0.39 is 11.9 Å². The van der Waals surface area contributed by atoms with Gasteiger partial charge in [0.2, 0.25) is 5.88 Å². The number of nitrogens with zero attached hydrogens (tertiary/aromatic N) is 5. The van der Waals surface area contributed by atoms with Crippen molar-refractivity contribution in [1.82, 2.24) is 25.0 Å². The minimum Gasteiger partial charge on any atom is -0.474 e. The van der Waals surface area contributed by atoms with E-state index in [-0.39, 0.29) is 18.7 Å². The lowest BCUT2D eigenvalue weighted by Crippen LogP contribution is -2.33. The molecule has 0 bridgehead atoms. The molecule has 1 fully saturated rings. The zero-order valence-electron chi connectivity index (χ0n) is 17.3. The molecule has 1 amide bonds. The fraction of sp³-hybridized carbons (Fsp3) is 0.500. The molecule has 0 aromatic carbocycles. The van der Waals surface area contributed by atoms with Gasteiger partial charge < -0.3 is 25.8 Å². The van der Waals surface area contributed by atoms with Crippen LogP contribution in [-0.2, 0) is 6.54 Å². The molecule has 10 nitrogen and oxygen atoms in total. The fourth-order valence-corrected chi connectivity index (χ4v) is 4.08. The summed E-state index contributed by atoms with van der Waals surface area (Å²) < 4.78 is 21.9. The maximum Gasteiger partial charge on any atom is 0.404 e. The predicted molar refractivity (Wildman–Crippen MR) is 112 cm³/mol. The summed E-state index contributed by atoms with van der Waals surface area (Å²) >= 11 is 0. The Morgan fingerprint density at radius 3 is 3.10 bits per heavy atom. The first-order chi connectivity index (χ1) is 14.9. The molecule has 0 spiro atoms. The van der Waals surface area contributed by atoms with Crippen molar-refractivity contribution in [3.63, 3.8) is 0 Å². The number of aryl methyl sites for hydroxylation is 1. The van der Waals surface area contributed by atoms with Gasteiger partial charge in [0.1, 0.15) is 11.7 Å². The molecule has 0 saturated carbocycles. The molecule has 2 atom stereocenters. The lowest BCUT2D eigenvalue weighted by molar-refractivity contribution is 0.181. The van der Waals surface area contributed by atoms with Crippen LogP contribution in [0.5, 0.6) is 5.88 Å². The number of amides is 1. The van der Waals surface area contributed by atoms with Gasteiger partial charge in [0.15, 0.2) is 5.82 Å². The molecule has 0 aliphatic carbocycles. The van der Waals surface area contributed by atoms with Gasteiger partial charge in [-0.15, -0.1) is 0 Å². The van der Waals surface area contributed by atoms with Crippen LogP contribution in [0.1, 0.15) is 44.2 Å². The van der Waals surface area contributed by atoms with Gasteiger partial charge in [-0.2, -0.15) is 5.10 Å². The summed E-state index contributed by atoms with van der Waals surface area (Å²) in [4.78, 5) is 21.7. The van der Waals surface area contributed by atoms with Crippen molar-refractivity contribution >= 4 is 23.4 Å². The van der Waals surface area contributed by atoms with Crippen LogP contribution in [0.25, 0.3) is 0 Å². The third-order valence-electron chi connectivity index (χ3n) is 5.55. The minimum absolute atomic E-state index is 0.114. The Balaban J connectivity index is 1.55. The average Bonchev–Trinajstić information content (AvgIpc) is 3.36. The molecular formula is C20H26FN7O3. The summed E-state index contributed by atoms with van der Waals surface area (Å²) in [6, 6.07) is 1.35. The molecular weight excluding hydrogens is 405 g/mol. The van der Waals surface area contributed by atoms with E-state index >= 15 is 0 Å². The summed E-state index contributed by atoms with van der Waals surface area (Å²) in [5, 5.41) is 15.3. The lowest BCUT2D eigenvalue weighted by Gasteiger charge is -2.31. The van der Waals surface area contributed by atoms with E-state index in [1.807, 2.05) is 6.92 Å². The van der Waals surface area contributed by atoms with Gasteiger partial charge in [0.05, 0.1) is 36.8 Å². The van der Waals surface area contributed by atoms with Crippen LogP contribution in [0.15, 0.2) is 23.5 Å². The number of ether oxygens (including phenoxy) is 1. The summed E-state index contributed by atoms with van der Waals surface area (Å²) in [6.45, 7) is 3.58. The maximum atomic E-state index is 14.1. The molecule has 2 aromatic heterocycles. The van der Waals surface area contributed by atoms with Gasteiger partial charge in [-0.3, -0.25) is 0 Å². The molecule has 11 heteroatoms. The smallest absolute Gasteiger partial charge is 0.404 e. The number of hydrogen-bond acceptors (Lipinski definition) is 7. The number of likely N-dealkylation sites (tertiary alicyclic amines) is 1. The molecule has 166 valence electrons. The molecule has 2 aliphatic heterocycles. The van der Waals surface area contributed by atoms with Gasteiger partial charge in [-0.25, -0.2) is 23.8 Å². The number of carboxylic acid groups (broad SMARTS) is 1. The number of nitrogens with one attached hydrogen (secondary N) is 1. The van der Waals surface area contributed by atoms with Crippen molar-refractivity contribution in [3.05, 3.63) is 29.8 Å². The first-order valence-corrected chi connectivity index (χ1v) is 10.4. The first kappa shape index (κ1) is 20.9. The second-order valence-corrected chi connectivity index (χ2v) is 7.77. The Labute approximate surface area is 178 Å². The number of halogens is 1. The van der Waals surface area contributed by atoms with Gasteiger partial charge >= 0.3 is 6.09 Å². The Hall–Kier alpha value is -3.37. The number of nitrogen functional groups attached to an aromatic ring is 1. The molecule has 4 rings (SSSR count). The van der Waals surface area contributed by atoms with Crippen molar-refractivity contribution in [2.75, 3.05) is 18.8 Å². The Morgan fingerprint density at radius 1 is 1.45 bits per heavy atom. The highest BCUT2D eigenvalue weighted by Gasteiger charge is 2.33. The number of amidine groups is 1. The lowest BCUT2D eigenvalue weighted by atomic mass is 10.1. The normalized spacial score (nSPS) is 19.0. The summed E-state index contributed by atoms with van der Waals surface area (Å²) in [6.07, 6.45) is 4.31. The molecule has 4 heterocycles. The minimum atomic E-state index is -1.08. The molecule has 2 aromatic rings. The number of anilines is 1. The van der Waals surface area contributed by atoms with Gasteiger partial charge in [-0.05, 0) is 25.8 Å². The number of fused-ring (bicyclic) bond motifs is 1. The van der Waals surface area contributed by atoms with E-state index in [0.717, 1.165) is 31.4 Å². The number of aromatic nitrogens is 3. The van der Waals surface area contributed by atoms with E-state index in [4.69, 9.17) is 20.6 Å². The van der Waals surface area contributed by atoms with Crippen molar-refractivity contribution in [2.24, 2.45) is 4.99 Å². The van der Waals surface area contributed by atoms with Crippen molar-refractivity contribution in [1.29, 1.82) is 0 Å². The quantitative estimate of drug-likeness (QED) is 0.641. The van der Waals surface area contributed by atoms with Crippen LogP contribution in [0, 0.1) is 5.82 Å². The highest BCUT2D eigenvalue weighted by atomic mass is 19.1. The number of hydrogen-bond donors (Lipinski definition) is 3. The topological polar surface area (TPSA) is 131 Å². The number of nitrogens with two attached hydrogens (primary N) is 1. The fourth-order valence-electron chi connectivity index (χ4n) is 4.08. The number of carbonyl (C=O) groups is 1. The molecule has 1 saturated heterocycles. The zero-order chi connectivity index (χ0) is 22.0. The van der Waals surface area contributed by atoms with Crippen molar-refractivity contribution in [3.8, 4) is 5.88 Å². The molecule has 4 N–H and O–H groups in total. The molecule has 0 unspecified atom stereocenters.